The van der Waals surface area contributed by atoms with E-state index in [-0.39, 0.29) is 0 Å². The largest absolute Gasteiger partial charge is 0.378 e. The van der Waals surface area contributed by atoms with Crippen LogP contribution in [-0.4, -0.2) is 61.6 Å². The highest BCUT2D eigenvalue weighted by Crippen LogP contribution is 2.16. The van der Waals surface area contributed by atoms with Gasteiger partial charge in [-0.2, -0.15) is 20.1 Å². The average molecular weight is 453 g/mol. The zero-order valence-electron chi connectivity index (χ0n) is 14.2. The van der Waals surface area contributed by atoms with Crippen LogP contribution in [0.4, 0.5) is 17.8 Å². The molecule has 3 rings (SSSR count). The fourth-order valence-electron chi connectivity index (χ4n) is 2.22. The van der Waals surface area contributed by atoms with Gasteiger partial charge in [0, 0.05) is 30.8 Å². The third kappa shape index (κ3) is 4.98. The summed E-state index contributed by atoms with van der Waals surface area (Å²) in [5, 5.41) is 4.24. The topological polar surface area (TPSA) is 78.8 Å². The molecule has 0 amide bonds. The van der Waals surface area contributed by atoms with E-state index in [9.17, 15) is 0 Å². The number of hydrazone groups is 1. The molecule has 1 aromatic heterocycles. The maximum absolute atomic E-state index is 5.39. The van der Waals surface area contributed by atoms with Gasteiger partial charge in [-0.3, -0.25) is 0 Å². The Balaban J connectivity index is 1.77. The van der Waals surface area contributed by atoms with E-state index in [1.165, 1.54) is 3.57 Å². The number of hydrogen-bond acceptors (Lipinski definition) is 8. The van der Waals surface area contributed by atoms with Crippen molar-refractivity contribution in [3.8, 4) is 0 Å². The summed E-state index contributed by atoms with van der Waals surface area (Å²) in [6.45, 7) is 2.89. The van der Waals surface area contributed by atoms with E-state index in [0.29, 0.717) is 31.1 Å². The van der Waals surface area contributed by atoms with Crippen molar-refractivity contribution >= 4 is 46.7 Å². The second kappa shape index (κ2) is 8.39. The van der Waals surface area contributed by atoms with Crippen LogP contribution in [0, 0.1) is 3.57 Å². The molecule has 1 saturated heterocycles. The van der Waals surface area contributed by atoms with Gasteiger partial charge in [0.1, 0.15) is 0 Å². The molecule has 1 N–H and O–H groups in total. The van der Waals surface area contributed by atoms with Gasteiger partial charge in [0.25, 0.3) is 0 Å². The molecule has 9 heteroatoms. The van der Waals surface area contributed by atoms with E-state index in [0.717, 1.165) is 18.7 Å². The number of aromatic nitrogens is 3. The van der Waals surface area contributed by atoms with Crippen molar-refractivity contribution < 1.29 is 4.74 Å². The summed E-state index contributed by atoms with van der Waals surface area (Å²) in [6, 6.07) is 8.08. The number of benzene rings is 1. The number of halogens is 1. The molecule has 2 heterocycles. The molecule has 0 unspecified atom stereocenters. The Morgan fingerprint density at radius 1 is 1.16 bits per heavy atom. The molecule has 0 aliphatic carbocycles. The number of rotatable bonds is 5. The first-order valence-corrected chi connectivity index (χ1v) is 9.00. The Labute approximate surface area is 160 Å². The smallest absolute Gasteiger partial charge is 0.250 e. The molecule has 25 heavy (non-hydrogen) atoms. The number of hydrogen-bond donors (Lipinski definition) is 1. The summed E-state index contributed by atoms with van der Waals surface area (Å²) >= 11 is 2.27. The molecule has 0 bridgehead atoms. The van der Waals surface area contributed by atoms with E-state index >= 15 is 0 Å². The zero-order valence-corrected chi connectivity index (χ0v) is 16.3. The lowest BCUT2D eigenvalue weighted by atomic mass is 10.2. The third-order valence-electron chi connectivity index (χ3n) is 3.55. The minimum absolute atomic E-state index is 0.418. The summed E-state index contributed by atoms with van der Waals surface area (Å²) in [5.74, 6) is 1.64. The van der Waals surface area contributed by atoms with Crippen molar-refractivity contribution in [2.75, 3.05) is 55.6 Å². The number of morpholine rings is 1. The van der Waals surface area contributed by atoms with Crippen LogP contribution in [0.3, 0.4) is 0 Å². The summed E-state index contributed by atoms with van der Waals surface area (Å²) in [7, 11) is 3.80. The van der Waals surface area contributed by atoms with Crippen molar-refractivity contribution in [2.45, 2.75) is 0 Å². The summed E-state index contributed by atoms with van der Waals surface area (Å²) in [5.41, 5.74) is 3.91. The molecule has 2 aromatic rings. The molecule has 1 aliphatic rings. The van der Waals surface area contributed by atoms with Crippen molar-refractivity contribution in [3.05, 3.63) is 33.4 Å². The molecule has 0 saturated carbocycles. The van der Waals surface area contributed by atoms with E-state index < -0.39 is 0 Å². The number of ether oxygens (including phenoxy) is 1. The highest BCUT2D eigenvalue weighted by atomic mass is 127. The van der Waals surface area contributed by atoms with Crippen LogP contribution in [0.15, 0.2) is 29.4 Å². The molecular weight excluding hydrogens is 433 g/mol. The van der Waals surface area contributed by atoms with E-state index in [1.54, 1.807) is 6.21 Å². The van der Waals surface area contributed by atoms with Crippen LogP contribution in [0.2, 0.25) is 0 Å². The van der Waals surface area contributed by atoms with Crippen LogP contribution < -0.4 is 15.2 Å². The monoisotopic (exact) mass is 453 g/mol. The predicted molar refractivity (Wildman–Crippen MR) is 108 cm³/mol. The Hall–Kier alpha value is -2.01. The molecule has 0 radical (unpaired) electrons. The van der Waals surface area contributed by atoms with Gasteiger partial charge >= 0.3 is 0 Å². The van der Waals surface area contributed by atoms with Crippen LogP contribution in [0.1, 0.15) is 5.56 Å². The summed E-state index contributed by atoms with van der Waals surface area (Å²) in [4.78, 5) is 17.3. The maximum atomic E-state index is 5.39. The number of anilines is 3. The Kier molecular flexibility index (Phi) is 5.97. The van der Waals surface area contributed by atoms with Crippen molar-refractivity contribution in [1.82, 2.24) is 15.0 Å². The normalized spacial score (nSPS) is 14.8. The highest BCUT2D eigenvalue weighted by Gasteiger charge is 2.17. The van der Waals surface area contributed by atoms with E-state index in [1.807, 2.05) is 43.3 Å². The van der Waals surface area contributed by atoms with Crippen molar-refractivity contribution in [2.24, 2.45) is 5.10 Å². The van der Waals surface area contributed by atoms with Crippen LogP contribution in [0.25, 0.3) is 0 Å². The van der Waals surface area contributed by atoms with Crippen molar-refractivity contribution in [1.29, 1.82) is 0 Å². The lowest BCUT2D eigenvalue weighted by Crippen LogP contribution is -2.37. The predicted octanol–water partition coefficient (Wildman–Crippen LogP) is 1.82. The van der Waals surface area contributed by atoms with Gasteiger partial charge in [-0.1, -0.05) is 12.1 Å². The van der Waals surface area contributed by atoms with Gasteiger partial charge < -0.3 is 14.5 Å². The average Bonchev–Trinajstić information content (AvgIpc) is 2.64. The molecule has 0 atom stereocenters. The Morgan fingerprint density at radius 3 is 2.56 bits per heavy atom. The fourth-order valence-corrected chi connectivity index (χ4v) is 2.58. The number of nitrogens with zero attached hydrogens (tertiary/aromatic N) is 6. The molecule has 1 fully saturated rings. The first-order chi connectivity index (χ1) is 12.1. The van der Waals surface area contributed by atoms with Gasteiger partial charge in [-0.15, -0.1) is 0 Å². The van der Waals surface area contributed by atoms with E-state index in [2.05, 4.69) is 53.0 Å². The second-order valence-electron chi connectivity index (χ2n) is 5.67. The minimum atomic E-state index is 0.418. The van der Waals surface area contributed by atoms with Crippen LogP contribution in [0.5, 0.6) is 0 Å². The van der Waals surface area contributed by atoms with Crippen LogP contribution >= 0.6 is 22.6 Å². The SMILES string of the molecule is CN(C)c1nc(N/N=C/c2ccc(I)cc2)nc(N2CCOCC2)n1. The molecular formula is C16H20IN7O. The zero-order chi connectivity index (χ0) is 17.6. The van der Waals surface area contributed by atoms with Gasteiger partial charge in [-0.05, 0) is 40.3 Å². The fraction of sp³-hybridized carbons (Fsp3) is 0.375. The van der Waals surface area contributed by atoms with Crippen LogP contribution in [-0.2, 0) is 4.74 Å². The molecule has 132 valence electrons. The van der Waals surface area contributed by atoms with Crippen molar-refractivity contribution in [3.63, 3.8) is 0 Å². The van der Waals surface area contributed by atoms with Gasteiger partial charge in [0.2, 0.25) is 17.8 Å². The maximum Gasteiger partial charge on any atom is 0.250 e. The first-order valence-electron chi connectivity index (χ1n) is 7.92. The molecule has 8 nitrogen and oxygen atoms in total. The highest BCUT2D eigenvalue weighted by molar-refractivity contribution is 14.1. The van der Waals surface area contributed by atoms with E-state index in [4.69, 9.17) is 4.74 Å². The first kappa shape index (κ1) is 17.8. The number of nitrogens with one attached hydrogen (secondary N) is 1. The lowest BCUT2D eigenvalue weighted by molar-refractivity contribution is 0.122. The lowest BCUT2D eigenvalue weighted by Gasteiger charge is -2.27. The second-order valence-corrected chi connectivity index (χ2v) is 6.92. The summed E-state index contributed by atoms with van der Waals surface area (Å²) < 4.78 is 6.57. The third-order valence-corrected chi connectivity index (χ3v) is 4.27. The quantitative estimate of drug-likeness (QED) is 0.421. The molecule has 1 aromatic carbocycles. The Morgan fingerprint density at radius 2 is 1.88 bits per heavy atom. The minimum Gasteiger partial charge on any atom is -0.378 e. The Bertz CT molecular complexity index is 730. The van der Waals surface area contributed by atoms with Gasteiger partial charge in [-0.25, -0.2) is 5.43 Å². The molecule has 1 aliphatic heterocycles. The van der Waals surface area contributed by atoms with Gasteiger partial charge in [0.15, 0.2) is 0 Å². The van der Waals surface area contributed by atoms with Gasteiger partial charge in [0.05, 0.1) is 19.4 Å². The standard InChI is InChI=1S/C16H20IN7O/c1-23(2)15-19-14(20-16(21-15)24-7-9-25-10-8-24)22-18-11-12-3-5-13(17)6-4-12/h3-6,11H,7-10H2,1-2H3,(H,19,20,21,22)/b18-11+. The molecule has 0 spiro atoms. The summed E-state index contributed by atoms with van der Waals surface area (Å²) in [6.07, 6.45) is 1.74.